The van der Waals surface area contributed by atoms with Gasteiger partial charge in [0.25, 0.3) is 0 Å². The Morgan fingerprint density at radius 1 is 1.37 bits per heavy atom. The van der Waals surface area contributed by atoms with Gasteiger partial charge in [-0.3, -0.25) is 4.79 Å². The van der Waals surface area contributed by atoms with Gasteiger partial charge in [-0.2, -0.15) is 4.31 Å². The molecule has 0 unspecified atom stereocenters. The lowest BCUT2D eigenvalue weighted by Crippen LogP contribution is -2.39. The van der Waals surface area contributed by atoms with Crippen molar-refractivity contribution in [1.29, 1.82) is 0 Å². The molecule has 1 fully saturated rings. The van der Waals surface area contributed by atoms with Crippen molar-refractivity contribution in [3.63, 3.8) is 0 Å². The Balaban J connectivity index is 2.10. The van der Waals surface area contributed by atoms with Crippen LogP contribution >= 0.6 is 0 Å². The fourth-order valence-corrected chi connectivity index (χ4v) is 3.15. The molecule has 0 aromatic heterocycles. The first-order valence-corrected chi connectivity index (χ1v) is 7.66. The molecule has 1 aliphatic rings. The second kappa shape index (κ2) is 5.30. The van der Waals surface area contributed by atoms with Crippen molar-refractivity contribution >= 4 is 15.9 Å². The lowest BCUT2D eigenvalue weighted by atomic mass is 10.2. The van der Waals surface area contributed by atoms with E-state index < -0.39 is 10.0 Å². The summed E-state index contributed by atoms with van der Waals surface area (Å²) in [6.45, 7) is 1.60. The van der Waals surface area contributed by atoms with Crippen LogP contribution in [0.25, 0.3) is 0 Å². The number of rotatable bonds is 5. The molecular formula is C13H18N2O3S. The predicted octanol–water partition coefficient (Wildman–Crippen LogP) is 0.894. The molecule has 0 aliphatic heterocycles. The maximum Gasteiger partial charge on any atom is 0.243 e. The molecule has 0 radical (unpaired) electrons. The summed E-state index contributed by atoms with van der Waals surface area (Å²) in [7, 11) is -2.18. The van der Waals surface area contributed by atoms with Gasteiger partial charge in [0.2, 0.25) is 15.9 Å². The lowest BCUT2D eigenvalue weighted by molar-refractivity contribution is -0.121. The minimum absolute atomic E-state index is 0.146. The van der Waals surface area contributed by atoms with Gasteiger partial charge in [0.1, 0.15) is 0 Å². The Hall–Kier alpha value is -1.40. The van der Waals surface area contributed by atoms with Crippen molar-refractivity contribution in [3.8, 4) is 0 Å². The first kappa shape index (κ1) is 14.0. The highest BCUT2D eigenvalue weighted by Gasteiger charge is 2.27. The van der Waals surface area contributed by atoms with Crippen molar-refractivity contribution in [2.24, 2.45) is 0 Å². The van der Waals surface area contributed by atoms with Gasteiger partial charge < -0.3 is 5.32 Å². The summed E-state index contributed by atoms with van der Waals surface area (Å²) in [4.78, 5) is 11.9. The van der Waals surface area contributed by atoms with Gasteiger partial charge in [-0.1, -0.05) is 18.2 Å². The molecule has 1 N–H and O–H groups in total. The Morgan fingerprint density at radius 3 is 2.58 bits per heavy atom. The first-order valence-electron chi connectivity index (χ1n) is 6.22. The second-order valence-corrected chi connectivity index (χ2v) is 6.88. The summed E-state index contributed by atoms with van der Waals surface area (Å²) < 4.78 is 25.8. The van der Waals surface area contributed by atoms with E-state index in [0.717, 1.165) is 17.1 Å². The first-order chi connectivity index (χ1) is 8.91. The molecule has 19 heavy (non-hydrogen) atoms. The average molecular weight is 282 g/mol. The Morgan fingerprint density at radius 2 is 2.00 bits per heavy atom. The molecule has 1 aromatic carbocycles. The van der Waals surface area contributed by atoms with Crippen LogP contribution in [0.5, 0.6) is 0 Å². The molecular weight excluding hydrogens is 264 g/mol. The molecule has 1 aliphatic carbocycles. The van der Waals surface area contributed by atoms with E-state index in [-0.39, 0.29) is 23.4 Å². The molecule has 1 saturated carbocycles. The van der Waals surface area contributed by atoms with Crippen LogP contribution in [-0.2, 0) is 14.8 Å². The number of aryl methyl sites for hydroxylation is 1. The molecule has 1 aromatic rings. The van der Waals surface area contributed by atoms with Crippen LogP contribution in [0.2, 0.25) is 0 Å². The van der Waals surface area contributed by atoms with Gasteiger partial charge in [0.15, 0.2) is 0 Å². The number of sulfonamides is 1. The highest BCUT2D eigenvalue weighted by molar-refractivity contribution is 7.89. The van der Waals surface area contributed by atoms with Crippen molar-refractivity contribution in [1.82, 2.24) is 9.62 Å². The van der Waals surface area contributed by atoms with E-state index in [2.05, 4.69) is 5.32 Å². The third-order valence-corrected chi connectivity index (χ3v) is 5.05. The number of nitrogens with one attached hydrogen (secondary N) is 1. The van der Waals surface area contributed by atoms with Gasteiger partial charge in [-0.15, -0.1) is 0 Å². The normalized spacial score (nSPS) is 15.5. The summed E-state index contributed by atoms with van der Waals surface area (Å²) in [5.41, 5.74) is 0.678. The Labute approximate surface area is 113 Å². The molecule has 104 valence electrons. The molecule has 2 rings (SSSR count). The monoisotopic (exact) mass is 282 g/mol. The number of benzene rings is 1. The van der Waals surface area contributed by atoms with Crippen LogP contribution in [0.1, 0.15) is 18.4 Å². The molecule has 0 heterocycles. The SMILES string of the molecule is Cc1ccccc1S(=O)(=O)N(C)CC(=O)NC1CC1. The Bertz CT molecular complexity index is 579. The quantitative estimate of drug-likeness (QED) is 0.872. The molecule has 5 nitrogen and oxygen atoms in total. The molecule has 0 bridgehead atoms. The van der Waals surface area contributed by atoms with E-state index in [1.54, 1.807) is 31.2 Å². The summed E-state index contributed by atoms with van der Waals surface area (Å²) >= 11 is 0. The molecule has 0 saturated heterocycles. The summed E-state index contributed by atoms with van der Waals surface area (Å²) in [6, 6.07) is 7.00. The van der Waals surface area contributed by atoms with Crippen molar-refractivity contribution in [3.05, 3.63) is 29.8 Å². The van der Waals surface area contributed by atoms with Gasteiger partial charge >= 0.3 is 0 Å². The highest BCUT2D eigenvalue weighted by atomic mass is 32.2. The highest BCUT2D eigenvalue weighted by Crippen LogP contribution is 2.20. The number of nitrogens with zero attached hydrogens (tertiary/aromatic N) is 1. The zero-order chi connectivity index (χ0) is 14.0. The number of carbonyl (C=O) groups is 1. The zero-order valence-corrected chi connectivity index (χ0v) is 11.9. The number of carbonyl (C=O) groups excluding carboxylic acids is 1. The number of likely N-dealkylation sites (N-methyl/N-ethyl adjacent to an activating group) is 1. The maximum absolute atomic E-state index is 12.3. The van der Waals surface area contributed by atoms with Crippen LogP contribution in [0.4, 0.5) is 0 Å². The van der Waals surface area contributed by atoms with Crippen LogP contribution < -0.4 is 5.32 Å². The van der Waals surface area contributed by atoms with E-state index in [4.69, 9.17) is 0 Å². The van der Waals surface area contributed by atoms with E-state index >= 15 is 0 Å². The topological polar surface area (TPSA) is 66.5 Å². The summed E-state index contributed by atoms with van der Waals surface area (Å²) in [5, 5.41) is 2.78. The van der Waals surface area contributed by atoms with Crippen LogP contribution in [0, 0.1) is 6.92 Å². The maximum atomic E-state index is 12.3. The Kier molecular flexibility index (Phi) is 3.91. The van der Waals surface area contributed by atoms with Crippen molar-refractivity contribution < 1.29 is 13.2 Å². The van der Waals surface area contributed by atoms with E-state index in [1.807, 2.05) is 0 Å². The summed E-state index contributed by atoms with van der Waals surface area (Å²) in [6.07, 6.45) is 1.97. The van der Waals surface area contributed by atoms with Crippen LogP contribution in [0.3, 0.4) is 0 Å². The molecule has 6 heteroatoms. The standard InChI is InChI=1S/C13H18N2O3S/c1-10-5-3-4-6-12(10)19(17,18)15(2)9-13(16)14-11-7-8-11/h3-6,11H,7-9H2,1-2H3,(H,14,16). The minimum Gasteiger partial charge on any atom is -0.352 e. The summed E-state index contributed by atoms with van der Waals surface area (Å²) in [5.74, 6) is -0.248. The zero-order valence-electron chi connectivity index (χ0n) is 11.1. The fraction of sp³-hybridized carbons (Fsp3) is 0.462. The van der Waals surface area contributed by atoms with Crippen LogP contribution in [-0.4, -0.2) is 38.3 Å². The number of hydrogen-bond acceptors (Lipinski definition) is 3. The van der Waals surface area contributed by atoms with Gasteiger partial charge in [0, 0.05) is 13.1 Å². The average Bonchev–Trinajstić information content (AvgIpc) is 3.12. The fourth-order valence-electron chi connectivity index (χ4n) is 1.80. The number of hydrogen-bond donors (Lipinski definition) is 1. The minimum atomic E-state index is -3.61. The largest absolute Gasteiger partial charge is 0.352 e. The van der Waals surface area contributed by atoms with Crippen molar-refractivity contribution in [2.75, 3.05) is 13.6 Å². The van der Waals surface area contributed by atoms with E-state index in [1.165, 1.54) is 7.05 Å². The lowest BCUT2D eigenvalue weighted by Gasteiger charge is -2.18. The molecule has 1 amide bonds. The van der Waals surface area contributed by atoms with E-state index in [0.29, 0.717) is 5.56 Å². The van der Waals surface area contributed by atoms with Gasteiger partial charge in [-0.05, 0) is 31.4 Å². The molecule has 0 atom stereocenters. The van der Waals surface area contributed by atoms with Gasteiger partial charge in [0.05, 0.1) is 11.4 Å². The third kappa shape index (κ3) is 3.33. The smallest absolute Gasteiger partial charge is 0.243 e. The predicted molar refractivity (Wildman–Crippen MR) is 72.2 cm³/mol. The van der Waals surface area contributed by atoms with Crippen LogP contribution in [0.15, 0.2) is 29.2 Å². The second-order valence-electron chi connectivity index (χ2n) is 4.87. The molecule has 0 spiro atoms. The van der Waals surface area contributed by atoms with E-state index in [9.17, 15) is 13.2 Å². The van der Waals surface area contributed by atoms with Gasteiger partial charge in [-0.25, -0.2) is 8.42 Å². The number of amides is 1. The third-order valence-electron chi connectivity index (χ3n) is 3.09. The van der Waals surface area contributed by atoms with Crippen molar-refractivity contribution in [2.45, 2.75) is 30.7 Å².